The average molecular weight is 273 g/mol. The molecule has 0 aliphatic carbocycles. The van der Waals surface area contributed by atoms with Crippen LogP contribution in [0.15, 0.2) is 41.2 Å². The lowest BCUT2D eigenvalue weighted by Crippen LogP contribution is -2.22. The van der Waals surface area contributed by atoms with E-state index in [9.17, 15) is 19.5 Å². The van der Waals surface area contributed by atoms with Crippen LogP contribution in [0.1, 0.15) is 26.4 Å². The molecule has 0 aliphatic heterocycles. The third-order valence-electron chi connectivity index (χ3n) is 2.68. The van der Waals surface area contributed by atoms with Crippen LogP contribution in [0.4, 0.5) is 0 Å². The third kappa shape index (κ3) is 2.44. The van der Waals surface area contributed by atoms with Crippen molar-refractivity contribution >= 4 is 11.8 Å². The van der Waals surface area contributed by atoms with Crippen LogP contribution in [0.25, 0.3) is 0 Å². The lowest BCUT2D eigenvalue weighted by Gasteiger charge is -2.05. The Balaban J connectivity index is 2.49. The summed E-state index contributed by atoms with van der Waals surface area (Å²) in [6.07, 6.45) is 0. The van der Waals surface area contributed by atoms with Gasteiger partial charge in [0.1, 0.15) is 5.75 Å². The Bertz CT molecular complexity index is 718. The maximum atomic E-state index is 12.1. The fourth-order valence-electron chi connectivity index (χ4n) is 1.71. The first-order valence-electron chi connectivity index (χ1n) is 5.69. The summed E-state index contributed by atoms with van der Waals surface area (Å²) >= 11 is 0. The van der Waals surface area contributed by atoms with E-state index >= 15 is 0 Å². The van der Waals surface area contributed by atoms with Crippen LogP contribution in [0, 0.1) is 0 Å². The number of benzene rings is 1. The Kier molecular flexibility index (Phi) is 3.65. The van der Waals surface area contributed by atoms with Crippen LogP contribution in [-0.4, -0.2) is 29.0 Å². The number of H-pyrrole nitrogens is 1. The number of nitrogens with one attached hydrogen (secondary N) is 1. The summed E-state index contributed by atoms with van der Waals surface area (Å²) in [5.74, 6) is -2.03. The number of pyridine rings is 1. The molecule has 0 atom stereocenters. The molecule has 6 heteroatoms. The number of hydrogen-bond donors (Lipinski definition) is 2. The summed E-state index contributed by atoms with van der Waals surface area (Å²) in [5, 5.41) is 9.70. The standard InChI is InChI=1S/C14H11NO5/c1-20-14(19)11-10(16)7-9(15-13(11)18)12(17)8-5-3-2-4-6-8/h2-7H,1H3,(H2,15,16,18). The molecule has 0 bridgehead atoms. The predicted molar refractivity (Wildman–Crippen MR) is 69.9 cm³/mol. The Hall–Kier alpha value is -2.89. The highest BCUT2D eigenvalue weighted by Crippen LogP contribution is 2.16. The zero-order chi connectivity index (χ0) is 14.7. The van der Waals surface area contributed by atoms with Gasteiger partial charge in [-0.05, 0) is 0 Å². The zero-order valence-electron chi connectivity index (χ0n) is 10.5. The van der Waals surface area contributed by atoms with Crippen LogP contribution in [-0.2, 0) is 4.74 Å². The van der Waals surface area contributed by atoms with E-state index in [4.69, 9.17) is 0 Å². The number of ether oxygens (including phenoxy) is 1. The molecule has 0 spiro atoms. The summed E-state index contributed by atoms with van der Waals surface area (Å²) in [7, 11) is 1.09. The average Bonchev–Trinajstić information content (AvgIpc) is 2.46. The quantitative estimate of drug-likeness (QED) is 0.644. The van der Waals surface area contributed by atoms with Gasteiger partial charge in [-0.1, -0.05) is 30.3 Å². The monoisotopic (exact) mass is 273 g/mol. The molecule has 2 N–H and O–H groups in total. The van der Waals surface area contributed by atoms with Crippen molar-refractivity contribution in [3.63, 3.8) is 0 Å². The second-order valence-corrected chi connectivity index (χ2v) is 3.96. The van der Waals surface area contributed by atoms with Crippen molar-refractivity contribution in [2.75, 3.05) is 7.11 Å². The Morgan fingerprint density at radius 3 is 2.40 bits per heavy atom. The van der Waals surface area contributed by atoms with E-state index in [2.05, 4.69) is 9.72 Å². The van der Waals surface area contributed by atoms with Crippen molar-refractivity contribution in [2.24, 2.45) is 0 Å². The topological polar surface area (TPSA) is 96.5 Å². The molecule has 2 rings (SSSR count). The molecule has 20 heavy (non-hydrogen) atoms. The van der Waals surface area contributed by atoms with Crippen LogP contribution >= 0.6 is 0 Å². The Morgan fingerprint density at radius 1 is 1.20 bits per heavy atom. The van der Waals surface area contributed by atoms with Crippen LogP contribution in [0.3, 0.4) is 0 Å². The molecule has 0 radical (unpaired) electrons. The van der Waals surface area contributed by atoms with Gasteiger partial charge in [-0.25, -0.2) is 4.79 Å². The SMILES string of the molecule is COC(=O)c1c(O)cc(C(=O)c2ccccc2)[nH]c1=O. The number of esters is 1. The molecule has 0 amide bonds. The minimum atomic E-state index is -0.970. The van der Waals surface area contributed by atoms with Crippen LogP contribution < -0.4 is 5.56 Å². The van der Waals surface area contributed by atoms with Crippen molar-refractivity contribution in [2.45, 2.75) is 0 Å². The Morgan fingerprint density at radius 2 is 1.85 bits per heavy atom. The maximum Gasteiger partial charge on any atom is 0.347 e. The lowest BCUT2D eigenvalue weighted by atomic mass is 10.1. The van der Waals surface area contributed by atoms with Gasteiger partial charge in [0.05, 0.1) is 12.8 Å². The molecular weight excluding hydrogens is 262 g/mol. The summed E-state index contributed by atoms with van der Waals surface area (Å²) < 4.78 is 4.38. The highest BCUT2D eigenvalue weighted by molar-refractivity contribution is 6.08. The molecule has 0 fully saturated rings. The number of aromatic nitrogens is 1. The van der Waals surface area contributed by atoms with Crippen molar-refractivity contribution in [1.82, 2.24) is 4.98 Å². The smallest absolute Gasteiger partial charge is 0.347 e. The number of hydrogen-bond acceptors (Lipinski definition) is 5. The second kappa shape index (κ2) is 5.40. The van der Waals surface area contributed by atoms with Crippen molar-refractivity contribution in [3.05, 3.63) is 63.6 Å². The number of carbonyl (C=O) groups excluding carboxylic acids is 2. The molecule has 0 saturated heterocycles. The number of rotatable bonds is 3. The van der Waals surface area contributed by atoms with E-state index in [0.717, 1.165) is 13.2 Å². The molecule has 102 valence electrons. The first-order chi connectivity index (χ1) is 9.54. The number of aromatic amines is 1. The van der Waals surface area contributed by atoms with Gasteiger partial charge >= 0.3 is 5.97 Å². The molecule has 6 nitrogen and oxygen atoms in total. The van der Waals surface area contributed by atoms with Gasteiger partial charge in [-0.2, -0.15) is 0 Å². The minimum absolute atomic E-state index is 0.105. The molecule has 0 aliphatic rings. The highest BCUT2D eigenvalue weighted by atomic mass is 16.5. The normalized spacial score (nSPS) is 10.1. The molecule has 0 saturated carbocycles. The lowest BCUT2D eigenvalue weighted by molar-refractivity contribution is 0.0594. The molecule has 2 aromatic rings. The zero-order valence-corrected chi connectivity index (χ0v) is 10.5. The van der Waals surface area contributed by atoms with Crippen molar-refractivity contribution in [3.8, 4) is 5.75 Å². The molecule has 1 aromatic carbocycles. The summed E-state index contributed by atoms with van der Waals surface area (Å²) in [6.45, 7) is 0. The Labute approximate surface area is 113 Å². The van der Waals surface area contributed by atoms with E-state index < -0.39 is 28.6 Å². The third-order valence-corrected chi connectivity index (χ3v) is 2.68. The van der Waals surface area contributed by atoms with Crippen LogP contribution in [0.5, 0.6) is 5.75 Å². The van der Waals surface area contributed by atoms with Crippen molar-refractivity contribution in [1.29, 1.82) is 0 Å². The largest absolute Gasteiger partial charge is 0.507 e. The summed E-state index contributed by atoms with van der Waals surface area (Å²) in [4.78, 5) is 37.4. The maximum absolute atomic E-state index is 12.1. The van der Waals surface area contributed by atoms with Gasteiger partial charge in [-0.3, -0.25) is 9.59 Å². The number of ketones is 1. The first-order valence-corrected chi connectivity index (χ1v) is 5.69. The van der Waals surface area contributed by atoms with Gasteiger partial charge in [0.2, 0.25) is 5.78 Å². The second-order valence-electron chi connectivity index (χ2n) is 3.96. The molecule has 1 heterocycles. The summed E-state index contributed by atoms with van der Waals surface area (Å²) in [5.41, 5.74) is -1.16. The first kappa shape index (κ1) is 13.5. The van der Waals surface area contributed by atoms with Gasteiger partial charge in [0, 0.05) is 11.6 Å². The van der Waals surface area contributed by atoms with E-state index in [1.165, 1.54) is 0 Å². The van der Waals surface area contributed by atoms with Crippen molar-refractivity contribution < 1.29 is 19.4 Å². The van der Waals surface area contributed by atoms with Crippen LogP contribution in [0.2, 0.25) is 0 Å². The van der Waals surface area contributed by atoms with E-state index in [1.807, 2.05) is 0 Å². The van der Waals surface area contributed by atoms with Gasteiger partial charge < -0.3 is 14.8 Å². The number of carbonyl (C=O) groups is 2. The van der Waals surface area contributed by atoms with Gasteiger partial charge in [-0.15, -0.1) is 0 Å². The predicted octanol–water partition coefficient (Wildman–Crippen LogP) is 1.10. The van der Waals surface area contributed by atoms with E-state index in [1.54, 1.807) is 30.3 Å². The fraction of sp³-hybridized carbons (Fsp3) is 0.0714. The number of aromatic hydroxyl groups is 1. The minimum Gasteiger partial charge on any atom is -0.507 e. The molecule has 0 unspecified atom stereocenters. The molecular formula is C14H11NO5. The highest BCUT2D eigenvalue weighted by Gasteiger charge is 2.20. The van der Waals surface area contributed by atoms with Gasteiger partial charge in [0.25, 0.3) is 5.56 Å². The van der Waals surface area contributed by atoms with E-state index in [-0.39, 0.29) is 5.69 Å². The van der Waals surface area contributed by atoms with E-state index in [0.29, 0.717) is 5.56 Å². The molecule has 1 aromatic heterocycles. The fourth-order valence-corrected chi connectivity index (χ4v) is 1.71. The summed E-state index contributed by atoms with van der Waals surface area (Å²) in [6, 6.07) is 9.28. The van der Waals surface area contributed by atoms with Gasteiger partial charge in [0.15, 0.2) is 5.56 Å². The number of methoxy groups -OCH3 is 1.